The molecule has 1 aliphatic heterocycles. The van der Waals surface area contributed by atoms with Crippen molar-refractivity contribution in [3.05, 3.63) is 24.6 Å². The smallest absolute Gasteiger partial charge is 0.360 e. The lowest BCUT2D eigenvalue weighted by Gasteiger charge is -2.34. The van der Waals surface area contributed by atoms with Crippen LogP contribution in [0.15, 0.2) is 29.5 Å². The molecule has 3 N–H and O–H groups in total. The van der Waals surface area contributed by atoms with Crippen LogP contribution in [-0.2, 0) is 4.79 Å². The minimum atomic E-state index is -0.848. The number of nitrogens with two attached hydrogens (primary N) is 1. The van der Waals surface area contributed by atoms with Crippen LogP contribution in [-0.4, -0.2) is 34.1 Å². The molecular weight excluding hydrogens is 326 g/mol. The summed E-state index contributed by atoms with van der Waals surface area (Å²) in [7, 11) is 0. The molecule has 0 aromatic carbocycles. The van der Waals surface area contributed by atoms with Gasteiger partial charge in [0.2, 0.25) is 5.84 Å². The maximum Gasteiger partial charge on any atom is 0.360 e. The normalized spacial score (nSPS) is 20.7. The molecule has 2 atom stereocenters. The number of rotatable bonds is 15. The summed E-state index contributed by atoms with van der Waals surface area (Å²) >= 11 is 0. The number of carboxylic acid groups (broad SMARTS) is 1. The van der Waals surface area contributed by atoms with Crippen molar-refractivity contribution in [3.8, 4) is 0 Å². The monoisotopic (exact) mass is 364 g/mol. The maximum atomic E-state index is 11.2. The average Bonchev–Trinajstić information content (AvgIpc) is 2.99. The minimum Gasteiger partial charge on any atom is -0.477 e. The van der Waals surface area contributed by atoms with E-state index in [1.807, 2.05) is 13.1 Å². The first-order valence-electron chi connectivity index (χ1n) is 10.3. The molecule has 0 bridgehead atoms. The number of aliphatic carboxylic acids is 1. The summed E-state index contributed by atoms with van der Waals surface area (Å²) in [5.41, 5.74) is 6.07. The maximum absolute atomic E-state index is 11.2. The summed E-state index contributed by atoms with van der Waals surface area (Å²) in [6.45, 7) is 4.06. The second-order valence-electron chi connectivity index (χ2n) is 7.34. The van der Waals surface area contributed by atoms with Crippen molar-refractivity contribution in [2.45, 2.75) is 90.6 Å². The Labute approximate surface area is 159 Å². The van der Waals surface area contributed by atoms with E-state index in [4.69, 9.17) is 5.73 Å². The Kier molecular flexibility index (Phi) is 11.1. The second-order valence-corrected chi connectivity index (χ2v) is 7.34. The van der Waals surface area contributed by atoms with Crippen molar-refractivity contribution in [2.75, 3.05) is 6.54 Å². The van der Waals surface area contributed by atoms with Gasteiger partial charge in [0.15, 0.2) is 6.54 Å². The Bertz CT molecular complexity index is 497. The van der Waals surface area contributed by atoms with Crippen LogP contribution in [0.4, 0.5) is 0 Å². The summed E-state index contributed by atoms with van der Waals surface area (Å²) < 4.78 is 0.156. The topological polar surface area (TPSA) is 75.7 Å². The molecule has 2 unspecified atom stereocenters. The third-order valence-electron chi connectivity index (χ3n) is 5.07. The molecule has 0 saturated carbocycles. The molecule has 0 aromatic heterocycles. The van der Waals surface area contributed by atoms with Crippen molar-refractivity contribution >= 4 is 11.8 Å². The molecule has 26 heavy (non-hydrogen) atoms. The summed E-state index contributed by atoms with van der Waals surface area (Å²) in [5, 5.41) is 9.21. The molecule has 0 spiro atoms. The predicted molar refractivity (Wildman–Crippen MR) is 109 cm³/mol. The molecular formula is C21H38N3O2+. The average molecular weight is 365 g/mol. The molecule has 0 aromatic rings. The largest absolute Gasteiger partial charge is 0.477 e. The number of carbonyl (C=O) groups is 1. The number of quaternary nitrogens is 1. The van der Waals surface area contributed by atoms with Crippen LogP contribution in [0, 0.1) is 0 Å². The molecule has 0 amide bonds. The van der Waals surface area contributed by atoms with Gasteiger partial charge in [-0.3, -0.25) is 5.73 Å². The van der Waals surface area contributed by atoms with Gasteiger partial charge in [0.05, 0.1) is 6.20 Å². The zero-order chi connectivity index (χ0) is 19.3. The number of carboxylic acids is 1. The number of nitrogens with zero attached hydrogens (tertiary/aromatic N) is 2. The zero-order valence-electron chi connectivity index (χ0n) is 16.7. The van der Waals surface area contributed by atoms with Crippen molar-refractivity contribution in [1.29, 1.82) is 0 Å². The minimum absolute atomic E-state index is 0.0365. The Morgan fingerprint density at radius 2 is 1.77 bits per heavy atom. The predicted octanol–water partition coefficient (Wildman–Crippen LogP) is 4.94. The van der Waals surface area contributed by atoms with Gasteiger partial charge in [0.25, 0.3) is 0 Å². The number of unbranched alkanes of at least 4 members (excludes halogenated alkanes) is 8. The summed E-state index contributed by atoms with van der Waals surface area (Å²) in [5.74, 6) is 0.0256. The number of aliphatic imine (C=N–C) groups is 1. The van der Waals surface area contributed by atoms with Crippen LogP contribution in [0.3, 0.4) is 0 Å². The van der Waals surface area contributed by atoms with E-state index in [0.29, 0.717) is 0 Å². The Morgan fingerprint density at radius 1 is 1.15 bits per heavy atom. The summed E-state index contributed by atoms with van der Waals surface area (Å²) in [4.78, 5) is 15.6. The highest BCUT2D eigenvalue weighted by Crippen LogP contribution is 2.23. The quantitative estimate of drug-likeness (QED) is 0.245. The van der Waals surface area contributed by atoms with Crippen LogP contribution in [0.2, 0.25) is 0 Å². The molecule has 1 aliphatic rings. The van der Waals surface area contributed by atoms with Gasteiger partial charge >= 0.3 is 5.97 Å². The van der Waals surface area contributed by atoms with Gasteiger partial charge in [0.1, 0.15) is 12.4 Å². The molecule has 0 saturated heterocycles. The van der Waals surface area contributed by atoms with Crippen molar-refractivity contribution in [3.63, 3.8) is 0 Å². The van der Waals surface area contributed by atoms with Gasteiger partial charge in [-0.1, -0.05) is 51.2 Å². The molecule has 5 nitrogen and oxygen atoms in total. The molecule has 5 heteroatoms. The second kappa shape index (κ2) is 12.8. The van der Waals surface area contributed by atoms with Crippen LogP contribution in [0.1, 0.15) is 84.5 Å². The van der Waals surface area contributed by atoms with E-state index in [1.165, 1.54) is 44.9 Å². The highest BCUT2D eigenvalue weighted by molar-refractivity contribution is 5.81. The van der Waals surface area contributed by atoms with E-state index in [-0.39, 0.29) is 17.2 Å². The fraction of sp³-hybridized carbons (Fsp3) is 0.714. The first-order valence-corrected chi connectivity index (χ1v) is 10.3. The molecule has 1 heterocycles. The first kappa shape index (κ1) is 22.6. The Hall–Kier alpha value is -1.46. The third kappa shape index (κ3) is 7.83. The molecule has 1 rings (SSSR count). The molecule has 0 radical (unpaired) electrons. The van der Waals surface area contributed by atoms with Crippen LogP contribution in [0.25, 0.3) is 0 Å². The van der Waals surface area contributed by atoms with Gasteiger partial charge in [-0.05, 0) is 32.1 Å². The van der Waals surface area contributed by atoms with Gasteiger partial charge in [-0.2, -0.15) is 0 Å². The van der Waals surface area contributed by atoms with Crippen molar-refractivity contribution in [2.24, 2.45) is 10.7 Å². The fourth-order valence-corrected chi connectivity index (χ4v) is 3.41. The highest BCUT2D eigenvalue weighted by atomic mass is 16.4. The summed E-state index contributed by atoms with van der Waals surface area (Å²) in [6.07, 6.45) is 21.0. The molecule has 0 aliphatic carbocycles. The van der Waals surface area contributed by atoms with Crippen LogP contribution in [0.5, 0.6) is 0 Å². The van der Waals surface area contributed by atoms with E-state index in [0.717, 1.165) is 31.5 Å². The number of hydrogen-bond donors (Lipinski definition) is 2. The lowest BCUT2D eigenvalue weighted by atomic mass is 10.1. The van der Waals surface area contributed by atoms with Crippen molar-refractivity contribution < 1.29 is 14.4 Å². The Balaban J connectivity index is 2.19. The fourth-order valence-electron chi connectivity index (χ4n) is 3.41. The van der Waals surface area contributed by atoms with E-state index in [1.54, 1.807) is 6.20 Å². The zero-order valence-corrected chi connectivity index (χ0v) is 16.7. The lowest BCUT2D eigenvalue weighted by molar-refractivity contribution is -0.805. The standard InChI is InChI=1S/C21H37N3O2/c1-3-4-5-6-7-8-9-10-11-12-13-14-15-20-23-16-17-24(20,19(2)22)18-21(25)26/h10-11,16-17,19H,3-9,12-15,18,22H2,1-2H3/p+1/b11-10+. The number of allylic oxidation sites excluding steroid dienone is 2. The number of hydrogen-bond acceptors (Lipinski definition) is 3. The van der Waals surface area contributed by atoms with Gasteiger partial charge in [-0.15, -0.1) is 0 Å². The van der Waals surface area contributed by atoms with Gasteiger partial charge in [-0.25, -0.2) is 14.3 Å². The van der Waals surface area contributed by atoms with E-state index >= 15 is 0 Å². The first-order chi connectivity index (χ1) is 12.5. The molecule has 148 valence electrons. The van der Waals surface area contributed by atoms with Gasteiger partial charge < -0.3 is 5.11 Å². The molecule has 0 fully saturated rings. The van der Waals surface area contributed by atoms with Crippen molar-refractivity contribution in [1.82, 2.24) is 0 Å². The number of amidine groups is 1. The highest BCUT2D eigenvalue weighted by Gasteiger charge is 2.40. The van der Waals surface area contributed by atoms with E-state index in [2.05, 4.69) is 24.1 Å². The van der Waals surface area contributed by atoms with Crippen LogP contribution < -0.4 is 5.73 Å². The van der Waals surface area contributed by atoms with Crippen LogP contribution >= 0.6 is 0 Å². The van der Waals surface area contributed by atoms with E-state index in [9.17, 15) is 9.90 Å². The third-order valence-corrected chi connectivity index (χ3v) is 5.07. The van der Waals surface area contributed by atoms with E-state index < -0.39 is 5.97 Å². The lowest BCUT2D eigenvalue weighted by Crippen LogP contribution is -2.59. The Morgan fingerprint density at radius 3 is 2.38 bits per heavy atom. The van der Waals surface area contributed by atoms with Gasteiger partial charge in [0, 0.05) is 13.3 Å². The summed E-state index contributed by atoms with van der Waals surface area (Å²) in [6, 6.07) is 0. The SMILES string of the molecule is CCCCCCCC/C=C/CCCCC1=NC=C[N+]1(CC(=O)O)C(C)N.